The number of carbonyl (C=O) groups excluding carboxylic acids is 1. The molecule has 0 aromatic carbocycles. The molecule has 25 heavy (non-hydrogen) atoms. The molecule has 3 nitrogen and oxygen atoms in total. The zero-order chi connectivity index (χ0) is 17.8. The van der Waals surface area contributed by atoms with Gasteiger partial charge >= 0.3 is 0 Å². The number of allylic oxidation sites excluding steroid dienone is 1. The van der Waals surface area contributed by atoms with Crippen LogP contribution in [0.3, 0.4) is 0 Å². The summed E-state index contributed by atoms with van der Waals surface area (Å²) in [4.78, 5) is 17.0. The van der Waals surface area contributed by atoms with Gasteiger partial charge in [-0.15, -0.1) is 0 Å². The van der Waals surface area contributed by atoms with Crippen molar-refractivity contribution in [2.75, 3.05) is 7.11 Å². The van der Waals surface area contributed by atoms with E-state index in [0.717, 1.165) is 37.0 Å². The Bertz CT molecular complexity index is 636. The van der Waals surface area contributed by atoms with Gasteiger partial charge in [-0.25, -0.2) is 0 Å². The maximum atomic E-state index is 11.9. The highest BCUT2D eigenvalue weighted by Crippen LogP contribution is 2.66. The third-order valence-corrected chi connectivity index (χ3v) is 8.70. The number of oxime groups is 1. The van der Waals surface area contributed by atoms with E-state index in [2.05, 4.69) is 25.9 Å². The van der Waals surface area contributed by atoms with Crippen LogP contribution in [0, 0.1) is 34.5 Å². The van der Waals surface area contributed by atoms with Crippen molar-refractivity contribution >= 4 is 11.5 Å². The van der Waals surface area contributed by atoms with Crippen LogP contribution in [-0.2, 0) is 9.63 Å². The predicted molar refractivity (Wildman–Crippen MR) is 100 cm³/mol. The fourth-order valence-corrected chi connectivity index (χ4v) is 7.45. The van der Waals surface area contributed by atoms with Gasteiger partial charge in [0, 0.05) is 12.3 Å². The molecule has 0 N–H and O–H groups in total. The molecule has 4 aliphatic rings. The topological polar surface area (TPSA) is 38.7 Å². The molecule has 0 aliphatic heterocycles. The van der Waals surface area contributed by atoms with Crippen molar-refractivity contribution in [1.29, 1.82) is 0 Å². The van der Waals surface area contributed by atoms with Gasteiger partial charge in [0.1, 0.15) is 7.11 Å². The summed E-state index contributed by atoms with van der Waals surface area (Å²) in [5.41, 5.74) is 3.33. The minimum absolute atomic E-state index is 0.284. The van der Waals surface area contributed by atoms with Crippen molar-refractivity contribution in [2.45, 2.75) is 72.1 Å². The van der Waals surface area contributed by atoms with Crippen molar-refractivity contribution in [3.8, 4) is 0 Å². The molecule has 4 rings (SSSR count). The van der Waals surface area contributed by atoms with Crippen molar-refractivity contribution in [3.63, 3.8) is 0 Å². The highest BCUT2D eigenvalue weighted by Gasteiger charge is 2.59. The maximum Gasteiger partial charge on any atom is 0.155 e. The molecular formula is C22H33NO2. The first-order valence-electron chi connectivity index (χ1n) is 10.2. The monoisotopic (exact) mass is 343 g/mol. The SMILES string of the molecule is CO/N=C(\C)[C@H]1CCC2[C@@H]3CCC4=CC(=O)CC[C@]4(C)C3CC[C@@]21C. The number of rotatable bonds is 2. The van der Waals surface area contributed by atoms with Crippen molar-refractivity contribution in [2.24, 2.45) is 39.7 Å². The number of hydrogen-bond acceptors (Lipinski definition) is 3. The Labute approximate surface area is 152 Å². The summed E-state index contributed by atoms with van der Waals surface area (Å²) in [6.07, 6.45) is 11.5. The fraction of sp³-hybridized carbons (Fsp3) is 0.818. The molecule has 0 aromatic heterocycles. The zero-order valence-electron chi connectivity index (χ0n) is 16.3. The van der Waals surface area contributed by atoms with E-state index < -0.39 is 0 Å². The van der Waals surface area contributed by atoms with Gasteiger partial charge in [-0.1, -0.05) is 24.6 Å². The zero-order valence-corrected chi connectivity index (χ0v) is 16.3. The van der Waals surface area contributed by atoms with Crippen LogP contribution in [0.15, 0.2) is 16.8 Å². The molecule has 0 amide bonds. The van der Waals surface area contributed by atoms with Crippen LogP contribution in [0.1, 0.15) is 72.1 Å². The van der Waals surface area contributed by atoms with Gasteiger partial charge in [-0.2, -0.15) is 0 Å². The number of carbonyl (C=O) groups is 1. The average molecular weight is 344 g/mol. The van der Waals surface area contributed by atoms with E-state index in [4.69, 9.17) is 4.84 Å². The molecule has 3 heteroatoms. The van der Waals surface area contributed by atoms with E-state index in [-0.39, 0.29) is 5.41 Å². The lowest BCUT2D eigenvalue weighted by Gasteiger charge is -2.58. The molecule has 0 radical (unpaired) electrons. The molecule has 0 saturated heterocycles. The van der Waals surface area contributed by atoms with Crippen LogP contribution >= 0.6 is 0 Å². The molecule has 4 aliphatic carbocycles. The van der Waals surface area contributed by atoms with E-state index in [9.17, 15) is 4.79 Å². The molecule has 138 valence electrons. The first kappa shape index (κ1) is 17.3. The van der Waals surface area contributed by atoms with E-state index >= 15 is 0 Å². The van der Waals surface area contributed by atoms with Gasteiger partial charge in [0.05, 0.1) is 5.71 Å². The summed E-state index contributed by atoms with van der Waals surface area (Å²) in [5.74, 6) is 3.36. The Balaban J connectivity index is 1.64. The summed E-state index contributed by atoms with van der Waals surface area (Å²) in [7, 11) is 1.66. The molecule has 2 unspecified atom stereocenters. The molecule has 6 atom stereocenters. The van der Waals surface area contributed by atoms with Crippen molar-refractivity contribution in [1.82, 2.24) is 0 Å². The van der Waals surface area contributed by atoms with Gasteiger partial charge in [0.15, 0.2) is 5.78 Å². The second-order valence-corrected chi connectivity index (χ2v) is 9.56. The molecule has 0 spiro atoms. The summed E-state index contributed by atoms with van der Waals surface area (Å²) in [6.45, 7) is 7.15. The summed E-state index contributed by atoms with van der Waals surface area (Å²) < 4.78 is 0. The minimum Gasteiger partial charge on any atom is -0.399 e. The van der Waals surface area contributed by atoms with Crippen LogP contribution < -0.4 is 0 Å². The molecular weight excluding hydrogens is 310 g/mol. The van der Waals surface area contributed by atoms with E-state index in [1.54, 1.807) is 7.11 Å². The smallest absolute Gasteiger partial charge is 0.155 e. The Morgan fingerprint density at radius 1 is 1.12 bits per heavy atom. The number of nitrogens with zero attached hydrogens (tertiary/aromatic N) is 1. The summed E-state index contributed by atoms with van der Waals surface area (Å²) in [6, 6.07) is 0. The fourth-order valence-electron chi connectivity index (χ4n) is 7.45. The van der Waals surface area contributed by atoms with Gasteiger partial charge in [-0.3, -0.25) is 4.79 Å². The normalized spacial score (nSPS) is 46.8. The van der Waals surface area contributed by atoms with E-state index in [1.165, 1.54) is 43.4 Å². The standard InChI is InChI=1S/C22H33NO2/c1-14(23-25-4)18-7-8-19-17-6-5-15-13-16(24)9-11-21(15,2)20(17)10-12-22(18,19)3/h13,17-20H,5-12H2,1-4H3/b23-14+/t17-,18+,19?,20?,21-,22+/m0/s1. The first-order valence-corrected chi connectivity index (χ1v) is 10.2. The Morgan fingerprint density at radius 2 is 1.92 bits per heavy atom. The van der Waals surface area contributed by atoms with Gasteiger partial charge in [0.25, 0.3) is 0 Å². The average Bonchev–Trinajstić information content (AvgIpc) is 2.93. The summed E-state index contributed by atoms with van der Waals surface area (Å²) >= 11 is 0. The van der Waals surface area contributed by atoms with Crippen molar-refractivity contribution in [3.05, 3.63) is 11.6 Å². The third-order valence-electron chi connectivity index (χ3n) is 8.70. The number of fused-ring (bicyclic) bond motifs is 5. The van der Waals surface area contributed by atoms with Crippen LogP contribution in [0.2, 0.25) is 0 Å². The van der Waals surface area contributed by atoms with E-state index in [1.807, 2.05) is 6.08 Å². The molecule has 3 saturated carbocycles. The lowest BCUT2D eigenvalue weighted by molar-refractivity contribution is -0.117. The molecule has 0 aromatic rings. The summed E-state index contributed by atoms with van der Waals surface area (Å²) in [5, 5.41) is 4.30. The maximum absolute atomic E-state index is 11.9. The number of hydrogen-bond donors (Lipinski definition) is 0. The quantitative estimate of drug-likeness (QED) is 0.513. The van der Waals surface area contributed by atoms with Gasteiger partial charge < -0.3 is 4.84 Å². The predicted octanol–water partition coefficient (Wildman–Crippen LogP) is 5.16. The Kier molecular flexibility index (Phi) is 4.12. The van der Waals surface area contributed by atoms with Gasteiger partial charge in [0.2, 0.25) is 0 Å². The highest BCUT2D eigenvalue weighted by molar-refractivity contribution is 5.91. The minimum atomic E-state index is 0.284. The first-order chi connectivity index (χ1) is 11.9. The van der Waals surface area contributed by atoms with Crippen LogP contribution in [0.25, 0.3) is 0 Å². The van der Waals surface area contributed by atoms with Crippen LogP contribution in [0.4, 0.5) is 0 Å². The second kappa shape index (κ2) is 5.96. The molecule has 0 heterocycles. The van der Waals surface area contributed by atoms with Crippen molar-refractivity contribution < 1.29 is 9.63 Å². The lowest BCUT2D eigenvalue weighted by Crippen LogP contribution is -2.51. The lowest BCUT2D eigenvalue weighted by atomic mass is 9.46. The third kappa shape index (κ3) is 2.44. The number of ketones is 1. The Hall–Kier alpha value is -1.12. The largest absolute Gasteiger partial charge is 0.399 e. The highest BCUT2D eigenvalue weighted by atomic mass is 16.6. The van der Waals surface area contributed by atoms with E-state index in [0.29, 0.717) is 17.1 Å². The Morgan fingerprint density at radius 3 is 2.68 bits per heavy atom. The molecule has 3 fully saturated rings. The molecule has 0 bridgehead atoms. The van der Waals surface area contributed by atoms with Crippen LogP contribution in [-0.4, -0.2) is 18.6 Å². The van der Waals surface area contributed by atoms with Crippen LogP contribution in [0.5, 0.6) is 0 Å². The second-order valence-electron chi connectivity index (χ2n) is 9.56. The van der Waals surface area contributed by atoms with Gasteiger partial charge in [-0.05, 0) is 86.5 Å².